The maximum Gasteiger partial charge on any atom is 0.246 e. The summed E-state index contributed by atoms with van der Waals surface area (Å²) in [4.78, 5) is 11.6. The lowest BCUT2D eigenvalue weighted by Crippen LogP contribution is -2.50. The maximum atomic E-state index is 11.6. The average molecular weight is 228 g/mol. The summed E-state index contributed by atoms with van der Waals surface area (Å²) in [7, 11) is 0. The number of rotatable bonds is 3. The van der Waals surface area contributed by atoms with Crippen molar-refractivity contribution in [2.45, 2.75) is 64.1 Å². The molecule has 1 rings (SSSR count). The Morgan fingerprint density at radius 2 is 2.00 bits per heavy atom. The number of hydrogen-bond donors (Lipinski definition) is 2. The Labute approximate surface area is 97.9 Å². The smallest absolute Gasteiger partial charge is 0.246 e. The molecule has 2 atom stereocenters. The first-order valence-corrected chi connectivity index (χ1v) is 6.07. The first kappa shape index (κ1) is 13.5. The first-order valence-electron chi connectivity index (χ1n) is 6.07. The van der Waals surface area contributed by atoms with Gasteiger partial charge in [-0.05, 0) is 33.6 Å². The van der Waals surface area contributed by atoms with Crippen LogP contribution in [-0.2, 0) is 9.53 Å². The van der Waals surface area contributed by atoms with Gasteiger partial charge in [-0.15, -0.1) is 0 Å². The van der Waals surface area contributed by atoms with Crippen LogP contribution in [0.25, 0.3) is 0 Å². The third-order valence-corrected chi connectivity index (χ3v) is 2.80. The third-order valence-electron chi connectivity index (χ3n) is 2.80. The zero-order chi connectivity index (χ0) is 12.2. The van der Waals surface area contributed by atoms with Gasteiger partial charge in [-0.25, -0.2) is 0 Å². The molecule has 0 heterocycles. The monoisotopic (exact) mass is 228 g/mol. The van der Waals surface area contributed by atoms with E-state index in [1.54, 1.807) is 0 Å². The van der Waals surface area contributed by atoms with Gasteiger partial charge < -0.3 is 15.8 Å². The standard InChI is InChI=1S/C12H24N2O2/c1-12(2,3)16-8-11(15)14-10-7-5-4-6-9(10)13/h9-10H,4-8,13H2,1-3H3,(H,14,15)/t9-,10-/m1/s1. The fraction of sp³-hybridized carbons (Fsp3) is 0.917. The van der Waals surface area contributed by atoms with Crippen molar-refractivity contribution < 1.29 is 9.53 Å². The Kier molecular flexibility index (Phi) is 4.74. The summed E-state index contributed by atoms with van der Waals surface area (Å²) in [5, 5.41) is 2.95. The van der Waals surface area contributed by atoms with Crippen molar-refractivity contribution >= 4 is 5.91 Å². The summed E-state index contributed by atoms with van der Waals surface area (Å²) in [5.74, 6) is -0.0581. The van der Waals surface area contributed by atoms with Crippen LogP contribution in [0.4, 0.5) is 0 Å². The van der Waals surface area contributed by atoms with E-state index in [1.807, 2.05) is 20.8 Å². The number of carbonyl (C=O) groups excluding carboxylic acids is 1. The number of nitrogens with two attached hydrogens (primary N) is 1. The highest BCUT2D eigenvalue weighted by Crippen LogP contribution is 2.16. The normalized spacial score (nSPS) is 26.5. The fourth-order valence-electron chi connectivity index (χ4n) is 1.87. The van der Waals surface area contributed by atoms with Crippen molar-refractivity contribution in [3.63, 3.8) is 0 Å². The van der Waals surface area contributed by atoms with Gasteiger partial charge in [-0.1, -0.05) is 12.8 Å². The number of carbonyl (C=O) groups is 1. The number of amides is 1. The van der Waals surface area contributed by atoms with Gasteiger partial charge in [-0.3, -0.25) is 4.79 Å². The Hall–Kier alpha value is -0.610. The van der Waals surface area contributed by atoms with Crippen LogP contribution in [0.3, 0.4) is 0 Å². The van der Waals surface area contributed by atoms with E-state index in [0.717, 1.165) is 19.3 Å². The molecule has 0 aromatic heterocycles. The second kappa shape index (κ2) is 5.64. The molecule has 0 aromatic carbocycles. The number of hydrogen-bond acceptors (Lipinski definition) is 3. The molecule has 0 aliphatic heterocycles. The Morgan fingerprint density at radius 1 is 1.38 bits per heavy atom. The minimum atomic E-state index is -0.272. The molecule has 16 heavy (non-hydrogen) atoms. The van der Waals surface area contributed by atoms with Crippen LogP contribution in [0.15, 0.2) is 0 Å². The molecule has 1 saturated carbocycles. The van der Waals surface area contributed by atoms with Gasteiger partial charge in [0.15, 0.2) is 0 Å². The lowest BCUT2D eigenvalue weighted by molar-refractivity contribution is -0.131. The van der Waals surface area contributed by atoms with E-state index < -0.39 is 0 Å². The summed E-state index contributed by atoms with van der Waals surface area (Å²) < 4.78 is 5.42. The predicted molar refractivity (Wildman–Crippen MR) is 64.1 cm³/mol. The van der Waals surface area contributed by atoms with Crippen molar-refractivity contribution in [2.24, 2.45) is 5.73 Å². The molecule has 4 heteroatoms. The second-order valence-corrected chi connectivity index (χ2v) is 5.52. The van der Waals surface area contributed by atoms with Crippen molar-refractivity contribution in [3.8, 4) is 0 Å². The van der Waals surface area contributed by atoms with Crippen LogP contribution < -0.4 is 11.1 Å². The molecule has 0 aromatic rings. The molecule has 0 spiro atoms. The summed E-state index contributed by atoms with van der Waals surface area (Å²) in [6.45, 7) is 5.93. The van der Waals surface area contributed by atoms with E-state index in [9.17, 15) is 4.79 Å². The topological polar surface area (TPSA) is 64.3 Å². The molecule has 1 amide bonds. The van der Waals surface area contributed by atoms with E-state index in [0.29, 0.717) is 0 Å². The molecule has 0 saturated heterocycles. The fourth-order valence-corrected chi connectivity index (χ4v) is 1.87. The molecule has 1 aliphatic carbocycles. The van der Waals surface area contributed by atoms with Gasteiger partial charge in [0.2, 0.25) is 5.91 Å². The van der Waals surface area contributed by atoms with E-state index in [1.165, 1.54) is 6.42 Å². The molecule has 3 N–H and O–H groups in total. The predicted octanol–water partition coefficient (Wildman–Crippen LogP) is 1.19. The summed E-state index contributed by atoms with van der Waals surface area (Å²) in [6, 6.07) is 0.233. The number of ether oxygens (including phenoxy) is 1. The molecule has 4 nitrogen and oxygen atoms in total. The molecule has 1 aliphatic rings. The van der Waals surface area contributed by atoms with Crippen LogP contribution in [0.5, 0.6) is 0 Å². The Bertz CT molecular complexity index is 236. The zero-order valence-electron chi connectivity index (χ0n) is 10.6. The summed E-state index contributed by atoms with van der Waals surface area (Å²) in [6.07, 6.45) is 4.32. The van der Waals surface area contributed by atoms with E-state index in [-0.39, 0.29) is 30.2 Å². The molecule has 0 unspecified atom stereocenters. The second-order valence-electron chi connectivity index (χ2n) is 5.52. The quantitative estimate of drug-likeness (QED) is 0.762. The molecule has 94 valence electrons. The Balaban J connectivity index is 2.28. The highest BCUT2D eigenvalue weighted by molar-refractivity contribution is 5.77. The minimum Gasteiger partial charge on any atom is -0.366 e. The van der Waals surface area contributed by atoms with Crippen molar-refractivity contribution in [2.75, 3.05) is 6.61 Å². The molecule has 1 fully saturated rings. The molecular formula is C12H24N2O2. The first-order chi connectivity index (χ1) is 7.38. The zero-order valence-corrected chi connectivity index (χ0v) is 10.6. The minimum absolute atomic E-state index is 0.0581. The SMILES string of the molecule is CC(C)(C)OCC(=O)N[C@@H]1CCCC[C@H]1N. The van der Waals surface area contributed by atoms with Gasteiger partial charge in [0.05, 0.1) is 5.60 Å². The molecular weight excluding hydrogens is 204 g/mol. The summed E-state index contributed by atoms with van der Waals surface area (Å²) >= 11 is 0. The Morgan fingerprint density at radius 3 is 2.56 bits per heavy atom. The van der Waals surface area contributed by atoms with Crippen LogP contribution in [0, 0.1) is 0 Å². The largest absolute Gasteiger partial charge is 0.366 e. The van der Waals surface area contributed by atoms with Crippen LogP contribution in [-0.4, -0.2) is 30.2 Å². The van der Waals surface area contributed by atoms with E-state index >= 15 is 0 Å². The van der Waals surface area contributed by atoms with Gasteiger partial charge >= 0.3 is 0 Å². The van der Waals surface area contributed by atoms with E-state index in [2.05, 4.69) is 5.32 Å². The average Bonchev–Trinajstić information content (AvgIpc) is 2.18. The highest BCUT2D eigenvalue weighted by Gasteiger charge is 2.23. The lowest BCUT2D eigenvalue weighted by atomic mass is 9.91. The lowest BCUT2D eigenvalue weighted by Gasteiger charge is -2.29. The third kappa shape index (κ3) is 4.94. The summed E-state index contributed by atoms with van der Waals surface area (Å²) in [5.41, 5.74) is 5.68. The van der Waals surface area contributed by atoms with E-state index in [4.69, 9.17) is 10.5 Å². The van der Waals surface area contributed by atoms with Crippen molar-refractivity contribution in [3.05, 3.63) is 0 Å². The van der Waals surface area contributed by atoms with Gasteiger partial charge in [0, 0.05) is 12.1 Å². The van der Waals surface area contributed by atoms with Gasteiger partial charge in [-0.2, -0.15) is 0 Å². The van der Waals surface area contributed by atoms with Crippen LogP contribution in [0.1, 0.15) is 46.5 Å². The highest BCUT2D eigenvalue weighted by atomic mass is 16.5. The molecule has 0 radical (unpaired) electrons. The maximum absolute atomic E-state index is 11.6. The number of nitrogens with one attached hydrogen (secondary N) is 1. The van der Waals surface area contributed by atoms with Crippen molar-refractivity contribution in [1.29, 1.82) is 0 Å². The van der Waals surface area contributed by atoms with Gasteiger partial charge in [0.1, 0.15) is 6.61 Å². The van der Waals surface area contributed by atoms with Crippen LogP contribution in [0.2, 0.25) is 0 Å². The van der Waals surface area contributed by atoms with Gasteiger partial charge in [0.25, 0.3) is 0 Å². The molecule has 0 bridgehead atoms. The van der Waals surface area contributed by atoms with Crippen molar-refractivity contribution in [1.82, 2.24) is 5.32 Å². The van der Waals surface area contributed by atoms with Crippen LogP contribution >= 0.6 is 0 Å².